The number of likely N-dealkylation sites (tertiary alicyclic amines) is 1. The largest absolute Gasteiger partial charge is 0.302 e. The molecule has 1 unspecified atom stereocenters. The van der Waals surface area contributed by atoms with E-state index >= 15 is 0 Å². The van der Waals surface area contributed by atoms with Gasteiger partial charge in [0.15, 0.2) is 0 Å². The highest BCUT2D eigenvalue weighted by atomic mass is 19.1. The van der Waals surface area contributed by atoms with E-state index in [0.717, 1.165) is 25.6 Å². The third kappa shape index (κ3) is 2.74. The van der Waals surface area contributed by atoms with Crippen molar-refractivity contribution in [3.63, 3.8) is 0 Å². The van der Waals surface area contributed by atoms with Crippen molar-refractivity contribution in [2.75, 3.05) is 19.6 Å². The van der Waals surface area contributed by atoms with Crippen LogP contribution in [-0.2, 0) is 0 Å². The molecule has 1 fully saturated rings. The summed E-state index contributed by atoms with van der Waals surface area (Å²) in [7, 11) is 0. The molecule has 0 aliphatic carbocycles. The molecular weight excluding hydrogens is 153 g/mol. The Morgan fingerprint density at radius 1 is 1.33 bits per heavy atom. The zero-order valence-electron chi connectivity index (χ0n) is 8.39. The Bertz CT molecular complexity index is 125. The van der Waals surface area contributed by atoms with Crippen molar-refractivity contribution >= 4 is 0 Å². The molecule has 1 rings (SSSR count). The van der Waals surface area contributed by atoms with Crippen LogP contribution in [-0.4, -0.2) is 30.7 Å². The number of alkyl halides is 1. The lowest BCUT2D eigenvalue weighted by Gasteiger charge is -2.40. The van der Waals surface area contributed by atoms with E-state index in [2.05, 4.69) is 18.7 Å². The molecule has 0 bridgehead atoms. The first-order chi connectivity index (χ1) is 5.59. The zero-order valence-corrected chi connectivity index (χ0v) is 8.39. The van der Waals surface area contributed by atoms with Gasteiger partial charge in [0.25, 0.3) is 0 Å². The lowest BCUT2D eigenvalue weighted by atomic mass is 9.95. The minimum atomic E-state index is -0.611. The lowest BCUT2D eigenvalue weighted by molar-refractivity contribution is 0.0429. The molecule has 0 radical (unpaired) electrons. The monoisotopic (exact) mass is 173 g/mol. The average Bonchev–Trinajstić information content (AvgIpc) is 1.82. The molecule has 1 nitrogen and oxygen atoms in total. The van der Waals surface area contributed by atoms with Gasteiger partial charge in [0.1, 0.15) is 6.17 Å². The molecule has 0 N–H and O–H groups in total. The van der Waals surface area contributed by atoms with Crippen molar-refractivity contribution in [3.8, 4) is 0 Å². The fourth-order valence-corrected chi connectivity index (χ4v) is 1.52. The first-order valence-corrected chi connectivity index (χ1v) is 4.96. The summed E-state index contributed by atoms with van der Waals surface area (Å²) in [5.74, 6) is 1.09. The molecule has 1 saturated heterocycles. The summed E-state index contributed by atoms with van der Waals surface area (Å²) in [5, 5.41) is 0. The number of rotatable bonds is 4. The molecule has 0 spiro atoms. The maximum Gasteiger partial charge on any atom is 0.103 e. The first kappa shape index (κ1) is 9.97. The van der Waals surface area contributed by atoms with Crippen LogP contribution in [0.3, 0.4) is 0 Å². The normalized spacial score (nSPS) is 22.8. The van der Waals surface area contributed by atoms with Crippen LogP contribution in [0.2, 0.25) is 0 Å². The highest BCUT2D eigenvalue weighted by Gasteiger charge is 2.30. The average molecular weight is 173 g/mol. The van der Waals surface area contributed by atoms with Gasteiger partial charge in [-0.15, -0.1) is 0 Å². The van der Waals surface area contributed by atoms with Crippen LogP contribution < -0.4 is 0 Å². The Labute approximate surface area is 74.9 Å². The maximum atomic E-state index is 12.7. The van der Waals surface area contributed by atoms with Crippen molar-refractivity contribution in [2.45, 2.75) is 33.4 Å². The molecule has 1 heterocycles. The van der Waals surface area contributed by atoms with Crippen LogP contribution in [0.25, 0.3) is 0 Å². The Morgan fingerprint density at radius 2 is 1.92 bits per heavy atom. The van der Waals surface area contributed by atoms with Crippen molar-refractivity contribution in [1.82, 2.24) is 4.90 Å². The van der Waals surface area contributed by atoms with Gasteiger partial charge in [-0.3, -0.25) is 0 Å². The van der Waals surface area contributed by atoms with Gasteiger partial charge in [-0.05, 0) is 25.8 Å². The molecule has 0 aromatic carbocycles. The predicted molar refractivity (Wildman–Crippen MR) is 50.0 cm³/mol. The molecular formula is C10H20FN. The molecule has 72 valence electrons. The second-order valence-electron chi connectivity index (χ2n) is 4.38. The number of nitrogens with zero attached hydrogens (tertiary/aromatic N) is 1. The summed E-state index contributed by atoms with van der Waals surface area (Å²) in [6.45, 7) is 9.24. The van der Waals surface area contributed by atoms with Gasteiger partial charge >= 0.3 is 0 Å². The molecule has 12 heavy (non-hydrogen) atoms. The van der Waals surface area contributed by atoms with Crippen LogP contribution >= 0.6 is 0 Å². The molecule has 0 aromatic rings. The molecule has 0 amide bonds. The minimum absolute atomic E-state index is 0.317. The smallest absolute Gasteiger partial charge is 0.103 e. The van der Waals surface area contributed by atoms with Gasteiger partial charge in [-0.25, -0.2) is 4.39 Å². The summed E-state index contributed by atoms with van der Waals surface area (Å²) < 4.78 is 12.7. The van der Waals surface area contributed by atoms with Gasteiger partial charge < -0.3 is 4.90 Å². The highest BCUT2D eigenvalue weighted by Crippen LogP contribution is 2.21. The molecule has 0 saturated carbocycles. The van der Waals surface area contributed by atoms with Crippen LogP contribution in [0.15, 0.2) is 0 Å². The van der Waals surface area contributed by atoms with Crippen molar-refractivity contribution < 1.29 is 4.39 Å². The molecule has 1 aliphatic rings. The van der Waals surface area contributed by atoms with Crippen molar-refractivity contribution in [1.29, 1.82) is 0 Å². The second-order valence-corrected chi connectivity index (χ2v) is 4.38. The van der Waals surface area contributed by atoms with E-state index in [1.807, 2.05) is 0 Å². The van der Waals surface area contributed by atoms with Crippen LogP contribution in [0.4, 0.5) is 4.39 Å². The Hall–Kier alpha value is -0.110. The van der Waals surface area contributed by atoms with Gasteiger partial charge in [0, 0.05) is 19.0 Å². The van der Waals surface area contributed by atoms with E-state index < -0.39 is 6.17 Å². The minimum Gasteiger partial charge on any atom is -0.302 e. The topological polar surface area (TPSA) is 3.24 Å². The summed E-state index contributed by atoms with van der Waals surface area (Å²) in [6, 6.07) is 0. The Morgan fingerprint density at radius 3 is 2.33 bits per heavy atom. The van der Waals surface area contributed by atoms with E-state index in [9.17, 15) is 4.39 Å². The maximum absolute atomic E-state index is 12.7. The van der Waals surface area contributed by atoms with Gasteiger partial charge in [0.2, 0.25) is 0 Å². The zero-order chi connectivity index (χ0) is 9.14. The molecule has 0 aromatic heterocycles. The molecule has 1 atom stereocenters. The first-order valence-electron chi connectivity index (χ1n) is 4.96. The highest BCUT2D eigenvalue weighted by molar-refractivity contribution is 4.83. The van der Waals surface area contributed by atoms with Crippen LogP contribution in [0.1, 0.15) is 27.2 Å². The summed E-state index contributed by atoms with van der Waals surface area (Å²) in [5.41, 5.74) is 0. The number of halogens is 1. The SMILES string of the molecule is CC(C)CCN1CC(C(C)F)C1. The quantitative estimate of drug-likeness (QED) is 0.630. The van der Waals surface area contributed by atoms with E-state index in [4.69, 9.17) is 0 Å². The van der Waals surface area contributed by atoms with Crippen LogP contribution in [0.5, 0.6) is 0 Å². The summed E-state index contributed by atoms with van der Waals surface area (Å²) >= 11 is 0. The third-order valence-corrected chi connectivity index (χ3v) is 2.66. The lowest BCUT2D eigenvalue weighted by Crippen LogP contribution is -2.50. The standard InChI is InChI=1S/C10H20FN/c1-8(2)4-5-12-6-10(7-12)9(3)11/h8-10H,4-7H2,1-3H3. The fourth-order valence-electron chi connectivity index (χ4n) is 1.52. The van der Waals surface area contributed by atoms with Crippen molar-refractivity contribution in [3.05, 3.63) is 0 Å². The van der Waals surface area contributed by atoms with E-state index in [-0.39, 0.29) is 0 Å². The van der Waals surface area contributed by atoms with Crippen LogP contribution in [0, 0.1) is 11.8 Å². The van der Waals surface area contributed by atoms with Crippen molar-refractivity contribution in [2.24, 2.45) is 11.8 Å². The fraction of sp³-hybridized carbons (Fsp3) is 1.00. The molecule has 2 heteroatoms. The summed E-state index contributed by atoms with van der Waals surface area (Å²) in [4.78, 5) is 2.35. The van der Waals surface area contributed by atoms with Gasteiger partial charge in [-0.2, -0.15) is 0 Å². The second kappa shape index (κ2) is 4.22. The van der Waals surface area contributed by atoms with E-state index in [1.165, 1.54) is 6.42 Å². The van der Waals surface area contributed by atoms with Gasteiger partial charge in [0.05, 0.1) is 0 Å². The number of hydrogen-bond acceptors (Lipinski definition) is 1. The Kier molecular flexibility index (Phi) is 3.51. The summed E-state index contributed by atoms with van der Waals surface area (Å²) in [6.07, 6.45) is 0.633. The van der Waals surface area contributed by atoms with Gasteiger partial charge in [-0.1, -0.05) is 13.8 Å². The molecule has 1 aliphatic heterocycles. The predicted octanol–water partition coefficient (Wildman–Crippen LogP) is 2.32. The van der Waals surface area contributed by atoms with E-state index in [1.54, 1.807) is 6.92 Å². The van der Waals surface area contributed by atoms with E-state index in [0.29, 0.717) is 5.92 Å². The third-order valence-electron chi connectivity index (χ3n) is 2.66. The number of hydrogen-bond donors (Lipinski definition) is 0. The Balaban J connectivity index is 2.02.